The number of aliphatic carboxylic acids is 1. The highest BCUT2D eigenvalue weighted by molar-refractivity contribution is 6.36. The molecular weight excluding hydrogens is 328 g/mol. The molecule has 3 heterocycles. The Bertz CT molecular complexity index is 872. The van der Waals surface area contributed by atoms with Crippen LogP contribution in [0.15, 0.2) is 35.1 Å². The Morgan fingerprint density at radius 2 is 2.31 bits per heavy atom. The van der Waals surface area contributed by atoms with Gasteiger partial charge in [-0.05, 0) is 36.3 Å². The van der Waals surface area contributed by atoms with Crippen LogP contribution in [-0.2, 0) is 11.2 Å². The largest absolute Gasteiger partial charge is 0.477 e. The second-order valence-corrected chi connectivity index (χ2v) is 6.93. The van der Waals surface area contributed by atoms with Crippen LogP contribution in [0.3, 0.4) is 0 Å². The normalized spacial score (nSPS) is 18.3. The molecule has 0 saturated carbocycles. The molecular formula is C20H25N4O2+. The number of rotatable bonds is 7. The van der Waals surface area contributed by atoms with Crippen LogP contribution in [0.1, 0.15) is 31.0 Å². The predicted octanol–water partition coefficient (Wildman–Crippen LogP) is 3.19. The number of aromatic amines is 2. The van der Waals surface area contributed by atoms with Gasteiger partial charge in [0.25, 0.3) is 0 Å². The Balaban J connectivity index is 1.92. The summed E-state index contributed by atoms with van der Waals surface area (Å²) in [4.78, 5) is 22.2. The average Bonchev–Trinajstić information content (AvgIpc) is 3.28. The minimum atomic E-state index is -0.933. The zero-order valence-corrected chi connectivity index (χ0v) is 15.2. The maximum atomic E-state index is 11.2. The molecule has 0 aliphatic carbocycles. The lowest BCUT2D eigenvalue weighted by atomic mass is 10.0. The van der Waals surface area contributed by atoms with Crippen molar-refractivity contribution in [2.45, 2.75) is 26.2 Å². The molecule has 0 radical (unpaired) electrons. The molecule has 136 valence electrons. The Morgan fingerprint density at radius 1 is 1.50 bits per heavy atom. The van der Waals surface area contributed by atoms with Gasteiger partial charge in [-0.15, -0.1) is 0 Å². The van der Waals surface area contributed by atoms with Crippen molar-refractivity contribution in [1.82, 2.24) is 9.97 Å². The van der Waals surface area contributed by atoms with Gasteiger partial charge in [-0.3, -0.25) is 0 Å². The second-order valence-electron chi connectivity index (χ2n) is 6.93. The van der Waals surface area contributed by atoms with E-state index in [9.17, 15) is 9.90 Å². The minimum absolute atomic E-state index is 0.108. The van der Waals surface area contributed by atoms with Crippen LogP contribution in [0, 0.1) is 5.92 Å². The summed E-state index contributed by atoms with van der Waals surface area (Å²) in [6.45, 7) is 6.82. The Kier molecular flexibility index (Phi) is 5.21. The van der Waals surface area contributed by atoms with Gasteiger partial charge in [-0.25, -0.2) is 14.4 Å². The molecule has 1 unspecified atom stereocenters. The van der Waals surface area contributed by atoms with E-state index in [2.05, 4.69) is 27.7 Å². The standard InChI is InChI=1S/C20H24N4O2/c1-13-10-19(20(25)26)22-16(13)12-17-14(6-5-9-24(2)3)11-18(23-17)15-7-4-8-21-15/h4,7-8,11-13,21,23H,2,5-6,9-10H2,1,3H3/p+1/b16-12-. The molecule has 1 atom stereocenters. The molecule has 1 aliphatic rings. The van der Waals surface area contributed by atoms with Crippen molar-refractivity contribution in [2.75, 3.05) is 13.6 Å². The van der Waals surface area contributed by atoms with E-state index in [-0.39, 0.29) is 11.6 Å². The lowest BCUT2D eigenvalue weighted by Crippen LogP contribution is -2.10. The highest BCUT2D eigenvalue weighted by Crippen LogP contribution is 2.29. The van der Waals surface area contributed by atoms with E-state index in [1.807, 2.05) is 43.0 Å². The zero-order valence-electron chi connectivity index (χ0n) is 15.2. The number of carbonyl (C=O) groups is 1. The summed E-state index contributed by atoms with van der Waals surface area (Å²) in [6, 6.07) is 6.14. The number of aliphatic imine (C=N–C) groups is 1. The topological polar surface area (TPSA) is 84.2 Å². The van der Waals surface area contributed by atoms with E-state index in [1.165, 1.54) is 5.56 Å². The molecule has 0 amide bonds. The van der Waals surface area contributed by atoms with Crippen LogP contribution in [0.25, 0.3) is 17.5 Å². The first-order chi connectivity index (χ1) is 12.4. The van der Waals surface area contributed by atoms with Gasteiger partial charge < -0.3 is 15.1 Å². The summed E-state index contributed by atoms with van der Waals surface area (Å²) >= 11 is 0. The van der Waals surface area contributed by atoms with E-state index in [0.29, 0.717) is 6.42 Å². The molecule has 0 spiro atoms. The SMILES string of the molecule is C=[N+](C)CCCc1cc(-c2ccc[nH]2)[nH]c1/C=C1\N=C(C(=O)O)CC1C. The number of nitrogens with zero attached hydrogens (tertiary/aromatic N) is 2. The first kappa shape index (κ1) is 17.9. The van der Waals surface area contributed by atoms with Gasteiger partial charge in [0.15, 0.2) is 0 Å². The van der Waals surface area contributed by atoms with Crippen LogP contribution >= 0.6 is 0 Å². The van der Waals surface area contributed by atoms with E-state index < -0.39 is 5.97 Å². The van der Waals surface area contributed by atoms with Gasteiger partial charge in [-0.1, -0.05) is 6.92 Å². The lowest BCUT2D eigenvalue weighted by Gasteiger charge is -2.03. The van der Waals surface area contributed by atoms with Gasteiger partial charge in [0.05, 0.1) is 11.4 Å². The number of aromatic nitrogens is 2. The van der Waals surface area contributed by atoms with Crippen molar-refractivity contribution in [3.63, 3.8) is 0 Å². The second kappa shape index (κ2) is 7.56. The minimum Gasteiger partial charge on any atom is -0.477 e. The third-order valence-electron chi connectivity index (χ3n) is 4.62. The monoisotopic (exact) mass is 353 g/mol. The fourth-order valence-electron chi connectivity index (χ4n) is 3.20. The van der Waals surface area contributed by atoms with Gasteiger partial charge in [0.1, 0.15) is 26.0 Å². The lowest BCUT2D eigenvalue weighted by molar-refractivity contribution is -0.488. The molecule has 26 heavy (non-hydrogen) atoms. The average molecular weight is 353 g/mol. The first-order valence-electron chi connectivity index (χ1n) is 8.83. The summed E-state index contributed by atoms with van der Waals surface area (Å²) in [5, 5.41) is 9.19. The molecule has 3 N–H and O–H groups in total. The van der Waals surface area contributed by atoms with Crippen molar-refractivity contribution in [2.24, 2.45) is 10.9 Å². The number of H-pyrrole nitrogens is 2. The first-order valence-corrected chi connectivity index (χ1v) is 8.83. The Labute approximate surface area is 153 Å². The third kappa shape index (κ3) is 4.02. The molecule has 2 aromatic rings. The fourth-order valence-corrected chi connectivity index (χ4v) is 3.20. The molecule has 1 aliphatic heterocycles. The van der Waals surface area contributed by atoms with Crippen molar-refractivity contribution in [3.8, 4) is 11.4 Å². The van der Waals surface area contributed by atoms with E-state index in [1.54, 1.807) is 0 Å². The van der Waals surface area contributed by atoms with Crippen LogP contribution in [0.4, 0.5) is 0 Å². The summed E-state index contributed by atoms with van der Waals surface area (Å²) < 4.78 is 1.93. The van der Waals surface area contributed by atoms with Crippen molar-refractivity contribution in [1.29, 1.82) is 0 Å². The summed E-state index contributed by atoms with van der Waals surface area (Å²) in [6.07, 6.45) is 6.29. The van der Waals surface area contributed by atoms with Crippen LogP contribution in [-0.4, -0.2) is 51.6 Å². The zero-order chi connectivity index (χ0) is 18.7. The molecule has 6 heteroatoms. The highest BCUT2D eigenvalue weighted by Gasteiger charge is 2.25. The molecule has 0 saturated heterocycles. The smallest absolute Gasteiger partial charge is 0.350 e. The molecule has 0 bridgehead atoms. The van der Waals surface area contributed by atoms with Crippen molar-refractivity contribution >= 4 is 24.5 Å². The van der Waals surface area contributed by atoms with E-state index in [4.69, 9.17) is 0 Å². The number of hydrogen-bond acceptors (Lipinski definition) is 2. The number of hydrogen-bond donors (Lipinski definition) is 3. The van der Waals surface area contributed by atoms with Gasteiger partial charge >= 0.3 is 5.97 Å². The van der Waals surface area contributed by atoms with Crippen LogP contribution in [0.5, 0.6) is 0 Å². The Morgan fingerprint density at radius 3 is 2.92 bits per heavy atom. The highest BCUT2D eigenvalue weighted by atomic mass is 16.4. The molecule has 3 rings (SSSR count). The number of carboxylic acids is 1. The number of carboxylic acid groups (broad SMARTS) is 1. The van der Waals surface area contributed by atoms with E-state index >= 15 is 0 Å². The fraction of sp³-hybridized carbons (Fsp3) is 0.350. The maximum absolute atomic E-state index is 11.2. The quantitative estimate of drug-likeness (QED) is 0.527. The third-order valence-corrected chi connectivity index (χ3v) is 4.62. The van der Waals surface area contributed by atoms with E-state index in [0.717, 1.165) is 42.2 Å². The van der Waals surface area contributed by atoms with Gasteiger partial charge in [-0.2, -0.15) is 0 Å². The summed E-state index contributed by atoms with van der Waals surface area (Å²) in [5.74, 6) is -0.824. The number of allylic oxidation sites excluding steroid dienone is 1. The number of nitrogens with one attached hydrogen (secondary N) is 2. The molecule has 6 nitrogen and oxygen atoms in total. The molecule has 0 aromatic carbocycles. The number of aryl methyl sites for hydroxylation is 1. The van der Waals surface area contributed by atoms with Gasteiger partial charge in [0.2, 0.25) is 0 Å². The summed E-state index contributed by atoms with van der Waals surface area (Å²) in [5.41, 5.74) is 5.30. The summed E-state index contributed by atoms with van der Waals surface area (Å²) in [7, 11) is 1.96. The van der Waals surface area contributed by atoms with Crippen molar-refractivity contribution < 1.29 is 14.5 Å². The van der Waals surface area contributed by atoms with Gasteiger partial charge in [0, 0.05) is 36.3 Å². The van der Waals surface area contributed by atoms with Crippen molar-refractivity contribution in [3.05, 3.63) is 41.4 Å². The molecule has 2 aromatic heterocycles. The van der Waals surface area contributed by atoms with Crippen LogP contribution in [0.2, 0.25) is 0 Å². The predicted molar refractivity (Wildman–Crippen MR) is 104 cm³/mol. The maximum Gasteiger partial charge on any atom is 0.350 e. The van der Waals surface area contributed by atoms with Crippen LogP contribution < -0.4 is 0 Å². The Hall–Kier alpha value is -2.89. The molecule has 0 fully saturated rings.